The van der Waals surface area contributed by atoms with Crippen molar-refractivity contribution in [2.45, 2.75) is 25.5 Å². The molecule has 0 radical (unpaired) electrons. The molecule has 25 heavy (non-hydrogen) atoms. The lowest BCUT2D eigenvalue weighted by atomic mass is 9.96. The summed E-state index contributed by atoms with van der Waals surface area (Å²) in [6.45, 7) is 1.14. The van der Waals surface area contributed by atoms with Crippen LogP contribution in [0, 0.1) is 6.92 Å². The first-order valence-electron chi connectivity index (χ1n) is 6.67. The summed E-state index contributed by atoms with van der Waals surface area (Å²) in [5.41, 5.74) is -5.50. The van der Waals surface area contributed by atoms with Crippen molar-refractivity contribution >= 4 is 0 Å². The fraction of sp³-hybridized carbons (Fsp3) is 0.250. The maximum Gasteiger partial charge on any atom is 0.416 e. The fourth-order valence-corrected chi connectivity index (χ4v) is 2.23. The molecule has 0 saturated carbocycles. The van der Waals surface area contributed by atoms with E-state index in [2.05, 4.69) is 0 Å². The van der Waals surface area contributed by atoms with Crippen molar-refractivity contribution in [1.29, 1.82) is 0 Å². The Kier molecular flexibility index (Phi) is 4.56. The number of rotatable bonds is 1. The summed E-state index contributed by atoms with van der Waals surface area (Å²) in [7, 11) is 0. The molecule has 0 bridgehead atoms. The van der Waals surface area contributed by atoms with Crippen molar-refractivity contribution in [3.8, 4) is 11.1 Å². The highest BCUT2D eigenvalue weighted by Gasteiger charge is 2.37. The highest BCUT2D eigenvalue weighted by atomic mass is 19.4. The molecule has 2 rings (SSSR count). The van der Waals surface area contributed by atoms with Crippen LogP contribution in [0.3, 0.4) is 0 Å². The van der Waals surface area contributed by atoms with Crippen LogP contribution in [0.1, 0.15) is 22.3 Å². The van der Waals surface area contributed by atoms with Gasteiger partial charge in [-0.05, 0) is 47.9 Å². The van der Waals surface area contributed by atoms with E-state index in [-0.39, 0.29) is 11.6 Å². The molecular weight excluding hydrogens is 363 g/mol. The normalized spacial score (nSPS) is 13.2. The number of halogens is 9. The first kappa shape index (κ1) is 19.1. The van der Waals surface area contributed by atoms with Gasteiger partial charge in [0, 0.05) is 0 Å². The minimum Gasteiger partial charge on any atom is -0.166 e. The minimum absolute atomic E-state index is 0.0810. The highest BCUT2D eigenvalue weighted by molar-refractivity contribution is 5.67. The molecule has 0 nitrogen and oxygen atoms in total. The summed E-state index contributed by atoms with van der Waals surface area (Å²) in [4.78, 5) is 0. The van der Waals surface area contributed by atoms with E-state index in [0.29, 0.717) is 18.2 Å². The molecule has 0 N–H and O–H groups in total. The molecule has 0 aromatic heterocycles. The van der Waals surface area contributed by atoms with Crippen LogP contribution >= 0.6 is 0 Å². The SMILES string of the molecule is Cc1ccc(-c2cc(C(F)(F)F)cc(C(F)(F)F)c2)cc1C(F)(F)F. The van der Waals surface area contributed by atoms with Gasteiger partial charge in [0.2, 0.25) is 0 Å². The van der Waals surface area contributed by atoms with Crippen LogP contribution in [0.2, 0.25) is 0 Å². The molecule has 0 heterocycles. The molecule has 136 valence electrons. The van der Waals surface area contributed by atoms with Crippen molar-refractivity contribution in [2.24, 2.45) is 0 Å². The standard InChI is InChI=1S/C16H9F9/c1-8-2-3-9(6-13(8)16(23,24)25)10-4-11(14(17,18)19)7-12(5-10)15(20,21)22/h2-7H,1H3. The van der Waals surface area contributed by atoms with Crippen molar-refractivity contribution < 1.29 is 39.5 Å². The number of hydrogen-bond acceptors (Lipinski definition) is 0. The number of aryl methyl sites for hydroxylation is 1. The summed E-state index contributed by atoms with van der Waals surface area (Å²) < 4.78 is 116. The van der Waals surface area contributed by atoms with Gasteiger partial charge in [0.15, 0.2) is 0 Å². The number of benzene rings is 2. The third kappa shape index (κ3) is 4.26. The maximum atomic E-state index is 12.9. The Bertz CT molecular complexity index is 747. The predicted molar refractivity (Wildman–Crippen MR) is 71.6 cm³/mol. The van der Waals surface area contributed by atoms with Gasteiger partial charge in [0.1, 0.15) is 0 Å². The van der Waals surface area contributed by atoms with Gasteiger partial charge in [-0.1, -0.05) is 12.1 Å². The van der Waals surface area contributed by atoms with Gasteiger partial charge in [-0.25, -0.2) is 0 Å². The van der Waals surface area contributed by atoms with Crippen molar-refractivity contribution in [1.82, 2.24) is 0 Å². The number of alkyl halides is 9. The molecule has 0 aliphatic heterocycles. The van der Waals surface area contributed by atoms with E-state index in [1.165, 1.54) is 0 Å². The zero-order valence-electron chi connectivity index (χ0n) is 12.4. The first-order chi connectivity index (χ1) is 11.2. The molecule has 0 aliphatic carbocycles. The van der Waals surface area contributed by atoms with Crippen LogP contribution in [-0.2, 0) is 18.5 Å². The van der Waals surface area contributed by atoms with Crippen LogP contribution < -0.4 is 0 Å². The van der Waals surface area contributed by atoms with Crippen molar-refractivity contribution in [2.75, 3.05) is 0 Å². The molecule has 0 atom stereocenters. The Balaban J connectivity index is 2.71. The van der Waals surface area contributed by atoms with E-state index >= 15 is 0 Å². The second kappa shape index (κ2) is 5.96. The summed E-state index contributed by atoms with van der Waals surface area (Å²) in [5, 5.41) is 0. The van der Waals surface area contributed by atoms with E-state index in [4.69, 9.17) is 0 Å². The van der Waals surface area contributed by atoms with Gasteiger partial charge < -0.3 is 0 Å². The molecule has 0 fully saturated rings. The first-order valence-corrected chi connectivity index (χ1v) is 6.67. The summed E-state index contributed by atoms with van der Waals surface area (Å²) in [6.07, 6.45) is -14.9. The van der Waals surface area contributed by atoms with Gasteiger partial charge in [0.25, 0.3) is 0 Å². The quantitative estimate of drug-likeness (QED) is 0.488. The second-order valence-corrected chi connectivity index (χ2v) is 5.32. The smallest absolute Gasteiger partial charge is 0.166 e. The van der Waals surface area contributed by atoms with Crippen LogP contribution in [0.5, 0.6) is 0 Å². The Morgan fingerprint density at radius 3 is 1.44 bits per heavy atom. The summed E-state index contributed by atoms with van der Waals surface area (Å²) >= 11 is 0. The number of hydrogen-bond donors (Lipinski definition) is 0. The summed E-state index contributed by atoms with van der Waals surface area (Å²) in [5.74, 6) is 0. The Morgan fingerprint density at radius 1 is 0.560 bits per heavy atom. The maximum absolute atomic E-state index is 12.9. The molecule has 9 heteroatoms. The molecular formula is C16H9F9. The molecule has 2 aromatic rings. The van der Waals surface area contributed by atoms with Crippen molar-refractivity contribution in [3.63, 3.8) is 0 Å². The molecule has 0 spiro atoms. The third-order valence-electron chi connectivity index (χ3n) is 3.46. The van der Waals surface area contributed by atoms with Crippen LogP contribution in [0.4, 0.5) is 39.5 Å². The molecule has 0 aliphatic rings. The Labute approximate surface area is 135 Å². The lowest BCUT2D eigenvalue weighted by Gasteiger charge is -2.16. The van der Waals surface area contributed by atoms with E-state index in [0.717, 1.165) is 19.1 Å². The third-order valence-corrected chi connectivity index (χ3v) is 3.46. The largest absolute Gasteiger partial charge is 0.416 e. The Hall–Kier alpha value is -2.19. The van der Waals surface area contributed by atoms with E-state index < -0.39 is 46.3 Å². The zero-order valence-corrected chi connectivity index (χ0v) is 12.4. The van der Waals surface area contributed by atoms with Gasteiger partial charge in [-0.3, -0.25) is 0 Å². The monoisotopic (exact) mass is 372 g/mol. The van der Waals surface area contributed by atoms with E-state index in [1.807, 2.05) is 0 Å². The second-order valence-electron chi connectivity index (χ2n) is 5.32. The fourth-order valence-electron chi connectivity index (χ4n) is 2.23. The molecule has 2 aromatic carbocycles. The molecule has 0 amide bonds. The summed E-state index contributed by atoms with van der Waals surface area (Å²) in [6, 6.07) is 3.26. The lowest BCUT2D eigenvalue weighted by molar-refractivity contribution is -0.143. The van der Waals surface area contributed by atoms with Crippen LogP contribution in [0.25, 0.3) is 11.1 Å². The average Bonchev–Trinajstić information content (AvgIpc) is 2.44. The van der Waals surface area contributed by atoms with Gasteiger partial charge in [-0.2, -0.15) is 39.5 Å². The molecule has 0 unspecified atom stereocenters. The van der Waals surface area contributed by atoms with Crippen LogP contribution in [-0.4, -0.2) is 0 Å². The van der Waals surface area contributed by atoms with Gasteiger partial charge >= 0.3 is 18.5 Å². The average molecular weight is 372 g/mol. The van der Waals surface area contributed by atoms with Crippen molar-refractivity contribution in [3.05, 3.63) is 58.7 Å². The van der Waals surface area contributed by atoms with Gasteiger partial charge in [-0.15, -0.1) is 0 Å². The van der Waals surface area contributed by atoms with E-state index in [9.17, 15) is 39.5 Å². The topological polar surface area (TPSA) is 0 Å². The van der Waals surface area contributed by atoms with E-state index in [1.54, 1.807) is 0 Å². The van der Waals surface area contributed by atoms with Crippen LogP contribution in [0.15, 0.2) is 36.4 Å². The Morgan fingerprint density at radius 2 is 1.04 bits per heavy atom. The zero-order chi connectivity index (χ0) is 19.2. The minimum atomic E-state index is -5.08. The predicted octanol–water partition coefficient (Wildman–Crippen LogP) is 6.72. The lowest BCUT2D eigenvalue weighted by Crippen LogP contribution is -2.11. The highest BCUT2D eigenvalue weighted by Crippen LogP contribution is 2.40. The molecule has 0 saturated heterocycles. The van der Waals surface area contributed by atoms with Gasteiger partial charge in [0.05, 0.1) is 16.7 Å².